The summed E-state index contributed by atoms with van der Waals surface area (Å²) >= 11 is 6.10. The zero-order valence-electron chi connectivity index (χ0n) is 13.4. The highest BCUT2D eigenvalue weighted by molar-refractivity contribution is 6.30. The minimum Gasteiger partial charge on any atom is -0.375 e. The highest BCUT2D eigenvalue weighted by Gasteiger charge is 2.25. The number of benzene rings is 1. The molecule has 0 saturated carbocycles. The molecule has 1 aromatic rings. The molecular formula is C18H28ClNO. The van der Waals surface area contributed by atoms with Gasteiger partial charge in [-0.2, -0.15) is 0 Å². The van der Waals surface area contributed by atoms with Gasteiger partial charge in [-0.15, -0.1) is 0 Å². The number of hydrogen-bond donors (Lipinski definition) is 1. The molecule has 21 heavy (non-hydrogen) atoms. The first-order chi connectivity index (χ1) is 10.0. The van der Waals surface area contributed by atoms with Crippen LogP contribution < -0.4 is 5.32 Å². The van der Waals surface area contributed by atoms with Crippen molar-refractivity contribution < 1.29 is 4.74 Å². The molecule has 2 rings (SSSR count). The van der Waals surface area contributed by atoms with E-state index in [1.54, 1.807) is 0 Å². The highest BCUT2D eigenvalue weighted by atomic mass is 35.5. The van der Waals surface area contributed by atoms with Crippen LogP contribution in [-0.2, 0) is 11.2 Å². The molecule has 0 aliphatic carbocycles. The summed E-state index contributed by atoms with van der Waals surface area (Å²) in [6.07, 6.45) is 5.46. The lowest BCUT2D eigenvalue weighted by Gasteiger charge is -2.23. The molecule has 3 atom stereocenters. The fraction of sp³-hybridized carbons (Fsp3) is 0.667. The Morgan fingerprint density at radius 3 is 2.76 bits per heavy atom. The van der Waals surface area contributed by atoms with Crippen LogP contribution in [0.3, 0.4) is 0 Å². The van der Waals surface area contributed by atoms with Crippen LogP contribution in [0, 0.1) is 5.92 Å². The van der Waals surface area contributed by atoms with Gasteiger partial charge in [-0.05, 0) is 62.8 Å². The molecule has 1 aliphatic heterocycles. The largest absolute Gasteiger partial charge is 0.375 e. The Morgan fingerprint density at radius 1 is 1.33 bits per heavy atom. The van der Waals surface area contributed by atoms with Crippen molar-refractivity contribution in [3.05, 3.63) is 34.9 Å². The van der Waals surface area contributed by atoms with Crippen LogP contribution in [0.1, 0.15) is 45.6 Å². The maximum absolute atomic E-state index is 6.10. The van der Waals surface area contributed by atoms with Crippen molar-refractivity contribution in [3.63, 3.8) is 0 Å². The van der Waals surface area contributed by atoms with Crippen LogP contribution in [0.2, 0.25) is 5.02 Å². The van der Waals surface area contributed by atoms with E-state index < -0.39 is 0 Å². The maximum Gasteiger partial charge on any atom is 0.0583 e. The van der Waals surface area contributed by atoms with Gasteiger partial charge in [0.05, 0.1) is 12.2 Å². The zero-order chi connectivity index (χ0) is 15.2. The standard InChI is InChI=1S/C18H28ClNO/c1-13(2)20-12-16(11-18-8-7-14(3)21-18)9-15-5-4-6-17(19)10-15/h4-6,10,13-14,16,18,20H,7-9,11-12H2,1-3H3. The van der Waals surface area contributed by atoms with Gasteiger partial charge in [0.25, 0.3) is 0 Å². The van der Waals surface area contributed by atoms with Crippen LogP contribution in [-0.4, -0.2) is 24.8 Å². The molecule has 1 N–H and O–H groups in total. The Bertz CT molecular complexity index is 435. The topological polar surface area (TPSA) is 21.3 Å². The van der Waals surface area contributed by atoms with E-state index in [1.807, 2.05) is 12.1 Å². The first kappa shape index (κ1) is 16.8. The van der Waals surface area contributed by atoms with Gasteiger partial charge in [-0.3, -0.25) is 0 Å². The number of ether oxygens (including phenoxy) is 1. The molecule has 0 bridgehead atoms. The van der Waals surface area contributed by atoms with Gasteiger partial charge in [0.2, 0.25) is 0 Å². The Morgan fingerprint density at radius 2 is 2.14 bits per heavy atom. The Kier molecular flexibility index (Phi) is 6.53. The van der Waals surface area contributed by atoms with Crippen molar-refractivity contribution in [3.8, 4) is 0 Å². The summed E-state index contributed by atoms with van der Waals surface area (Å²) in [5.41, 5.74) is 1.32. The van der Waals surface area contributed by atoms with Gasteiger partial charge in [0.15, 0.2) is 0 Å². The summed E-state index contributed by atoms with van der Waals surface area (Å²) in [4.78, 5) is 0. The van der Waals surface area contributed by atoms with E-state index in [9.17, 15) is 0 Å². The van der Waals surface area contributed by atoms with Gasteiger partial charge in [0, 0.05) is 11.1 Å². The van der Waals surface area contributed by atoms with Gasteiger partial charge in [0.1, 0.15) is 0 Å². The average molecular weight is 310 g/mol. The second-order valence-corrected chi connectivity index (χ2v) is 7.08. The summed E-state index contributed by atoms with van der Waals surface area (Å²) in [6, 6.07) is 8.76. The third-order valence-electron chi connectivity index (χ3n) is 4.14. The fourth-order valence-corrected chi connectivity index (χ4v) is 3.28. The summed E-state index contributed by atoms with van der Waals surface area (Å²) in [5, 5.41) is 4.40. The van der Waals surface area contributed by atoms with Crippen LogP contribution in [0.4, 0.5) is 0 Å². The predicted molar refractivity (Wildman–Crippen MR) is 90.0 cm³/mol. The van der Waals surface area contributed by atoms with Crippen molar-refractivity contribution in [2.24, 2.45) is 5.92 Å². The zero-order valence-corrected chi connectivity index (χ0v) is 14.2. The van der Waals surface area contributed by atoms with Crippen LogP contribution >= 0.6 is 11.6 Å². The molecule has 0 aromatic heterocycles. The predicted octanol–water partition coefficient (Wildman–Crippen LogP) is 4.45. The first-order valence-electron chi connectivity index (χ1n) is 8.16. The van der Waals surface area contributed by atoms with Gasteiger partial charge in [-0.25, -0.2) is 0 Å². The number of nitrogens with one attached hydrogen (secondary N) is 1. The van der Waals surface area contributed by atoms with Crippen molar-refractivity contribution >= 4 is 11.6 Å². The third kappa shape index (κ3) is 5.98. The van der Waals surface area contributed by atoms with E-state index >= 15 is 0 Å². The molecule has 3 heteroatoms. The van der Waals surface area contributed by atoms with E-state index in [-0.39, 0.29) is 0 Å². The molecule has 0 spiro atoms. The van der Waals surface area contributed by atoms with Crippen LogP contribution in [0.5, 0.6) is 0 Å². The van der Waals surface area contributed by atoms with E-state index in [0.29, 0.717) is 24.2 Å². The summed E-state index contributed by atoms with van der Waals surface area (Å²) in [5.74, 6) is 0.598. The van der Waals surface area contributed by atoms with Crippen LogP contribution in [0.25, 0.3) is 0 Å². The minimum absolute atomic E-state index is 0.429. The average Bonchev–Trinajstić information content (AvgIpc) is 2.81. The molecule has 1 fully saturated rings. The molecule has 3 unspecified atom stereocenters. The molecule has 1 heterocycles. The van der Waals surface area contributed by atoms with E-state index in [2.05, 4.69) is 38.2 Å². The van der Waals surface area contributed by atoms with E-state index in [1.165, 1.54) is 18.4 Å². The molecule has 0 amide bonds. The SMILES string of the molecule is CC(C)NCC(Cc1cccc(Cl)c1)CC1CCC(C)O1. The van der Waals surface area contributed by atoms with Crippen molar-refractivity contribution in [2.75, 3.05) is 6.54 Å². The normalized spacial score (nSPS) is 23.7. The summed E-state index contributed by atoms with van der Waals surface area (Å²) in [7, 11) is 0. The number of rotatable bonds is 7. The molecular weight excluding hydrogens is 282 g/mol. The molecule has 2 nitrogen and oxygen atoms in total. The lowest BCUT2D eigenvalue weighted by molar-refractivity contribution is 0.0406. The molecule has 118 valence electrons. The van der Waals surface area contributed by atoms with Crippen molar-refractivity contribution in [2.45, 2.75) is 64.7 Å². The second-order valence-electron chi connectivity index (χ2n) is 6.64. The monoisotopic (exact) mass is 309 g/mol. The van der Waals surface area contributed by atoms with Crippen molar-refractivity contribution in [1.29, 1.82) is 0 Å². The summed E-state index contributed by atoms with van der Waals surface area (Å²) in [6.45, 7) is 7.62. The molecule has 1 aliphatic rings. The molecule has 0 radical (unpaired) electrons. The Balaban J connectivity index is 1.94. The minimum atomic E-state index is 0.429. The quantitative estimate of drug-likeness (QED) is 0.803. The third-order valence-corrected chi connectivity index (χ3v) is 4.38. The smallest absolute Gasteiger partial charge is 0.0583 e. The fourth-order valence-electron chi connectivity index (χ4n) is 3.07. The van der Waals surface area contributed by atoms with Crippen LogP contribution in [0.15, 0.2) is 24.3 Å². The lowest BCUT2D eigenvalue weighted by Crippen LogP contribution is -2.32. The second kappa shape index (κ2) is 8.17. The molecule has 1 saturated heterocycles. The van der Waals surface area contributed by atoms with Gasteiger partial charge >= 0.3 is 0 Å². The number of halogens is 1. The Hall–Kier alpha value is -0.570. The summed E-state index contributed by atoms with van der Waals surface area (Å²) < 4.78 is 6.01. The van der Waals surface area contributed by atoms with E-state index in [0.717, 1.165) is 24.4 Å². The highest BCUT2D eigenvalue weighted by Crippen LogP contribution is 2.26. The van der Waals surface area contributed by atoms with E-state index in [4.69, 9.17) is 16.3 Å². The first-order valence-corrected chi connectivity index (χ1v) is 8.54. The number of hydrogen-bond acceptors (Lipinski definition) is 2. The molecule has 1 aromatic carbocycles. The Labute approximate surface area is 134 Å². The van der Waals surface area contributed by atoms with Crippen molar-refractivity contribution in [1.82, 2.24) is 5.32 Å². The van der Waals surface area contributed by atoms with Gasteiger partial charge < -0.3 is 10.1 Å². The maximum atomic E-state index is 6.10. The lowest BCUT2D eigenvalue weighted by atomic mass is 9.92. The van der Waals surface area contributed by atoms with Gasteiger partial charge in [-0.1, -0.05) is 37.6 Å².